The monoisotopic (exact) mass is 667 g/mol. The maximum absolute atomic E-state index is 12.9. The Balaban J connectivity index is 0.00000254. The van der Waals surface area contributed by atoms with Gasteiger partial charge in [0, 0.05) is 63.6 Å². The number of carbonyl (C=O) groups is 1. The molecule has 2 saturated heterocycles. The van der Waals surface area contributed by atoms with Gasteiger partial charge in [-0.2, -0.15) is 12.6 Å². The van der Waals surface area contributed by atoms with Crippen molar-refractivity contribution in [2.75, 3.05) is 75.4 Å². The molecule has 46 heavy (non-hydrogen) atoms. The summed E-state index contributed by atoms with van der Waals surface area (Å²) in [5.41, 5.74) is 6.73. The Kier molecular flexibility index (Phi) is 20.4. The van der Waals surface area contributed by atoms with Crippen molar-refractivity contribution >= 4 is 30.2 Å². The lowest BCUT2D eigenvalue weighted by molar-refractivity contribution is 0.0656. The second-order valence-corrected chi connectivity index (χ2v) is 11.4. The molecule has 1 amide bonds. The zero-order valence-electron chi connectivity index (χ0n) is 29.3. The molecular formula is C33H61N7O5S. The van der Waals surface area contributed by atoms with Gasteiger partial charge in [-0.15, -0.1) is 0 Å². The van der Waals surface area contributed by atoms with Gasteiger partial charge < -0.3 is 35.9 Å². The molecule has 13 heteroatoms. The number of nitrogen functional groups attached to an aromatic ring is 1. The number of nitrogens with zero attached hydrogens (tertiary/aromatic N) is 4. The van der Waals surface area contributed by atoms with Gasteiger partial charge in [0.1, 0.15) is 11.5 Å². The third kappa shape index (κ3) is 12.5. The van der Waals surface area contributed by atoms with E-state index in [-0.39, 0.29) is 42.3 Å². The lowest BCUT2D eigenvalue weighted by Crippen LogP contribution is -2.59. The maximum Gasteiger partial charge on any atom is 0.291 e. The van der Waals surface area contributed by atoms with Gasteiger partial charge in [-0.25, -0.2) is 4.98 Å². The number of carbonyl (C=O) groups excluding carboxylic acids is 1. The van der Waals surface area contributed by atoms with Crippen molar-refractivity contribution in [1.29, 1.82) is 0 Å². The summed E-state index contributed by atoms with van der Waals surface area (Å²) in [6.07, 6.45) is 5.95. The maximum atomic E-state index is 12.9. The number of nitrogens with two attached hydrogens (primary N) is 1. The predicted octanol–water partition coefficient (Wildman–Crippen LogP) is 3.95. The molecule has 0 radical (unpaired) electrons. The molecule has 3 heterocycles. The fourth-order valence-corrected chi connectivity index (χ4v) is 5.78. The largest absolute Gasteiger partial charge is 0.508 e. The number of likely N-dealkylation sites (tertiary alicyclic amines) is 1. The van der Waals surface area contributed by atoms with Crippen molar-refractivity contribution in [3.05, 3.63) is 39.2 Å². The Labute approximate surface area is 281 Å². The van der Waals surface area contributed by atoms with Gasteiger partial charge in [-0.1, -0.05) is 47.1 Å². The minimum Gasteiger partial charge on any atom is -0.508 e. The van der Waals surface area contributed by atoms with Crippen molar-refractivity contribution in [3.8, 4) is 0 Å². The topological polar surface area (TPSA) is 160 Å². The zero-order valence-corrected chi connectivity index (χ0v) is 30.2. The number of piperazine rings is 1. The molecule has 0 aromatic carbocycles. The van der Waals surface area contributed by atoms with E-state index >= 15 is 0 Å². The molecule has 0 saturated carbocycles. The van der Waals surface area contributed by atoms with Crippen LogP contribution in [0.1, 0.15) is 91.1 Å². The highest BCUT2D eigenvalue weighted by atomic mass is 32.1. The number of thiol groups is 1. The first-order valence-electron chi connectivity index (χ1n) is 17.1. The number of anilines is 2. The predicted molar refractivity (Wildman–Crippen MR) is 192 cm³/mol. The summed E-state index contributed by atoms with van der Waals surface area (Å²) < 4.78 is 5.70. The molecule has 1 unspecified atom stereocenters. The highest BCUT2D eigenvalue weighted by molar-refractivity contribution is 7.80. The SMILES string of the molecule is CC.CC.CC/C(O)=C(\C=C(/C)CN1CCC(N2CCN(c3nc(N)c(C(=O)NCCCO)[nH]c3=O)CC2CC)CC1)OCCS. The summed E-state index contributed by atoms with van der Waals surface area (Å²) in [6.45, 7) is 19.8. The van der Waals surface area contributed by atoms with E-state index in [0.29, 0.717) is 50.1 Å². The zero-order chi connectivity index (χ0) is 34.6. The first-order valence-corrected chi connectivity index (χ1v) is 17.7. The van der Waals surface area contributed by atoms with Crippen molar-refractivity contribution in [2.24, 2.45) is 0 Å². The van der Waals surface area contributed by atoms with E-state index in [1.165, 1.54) is 0 Å². The Hall–Kier alpha value is -2.74. The van der Waals surface area contributed by atoms with Gasteiger partial charge in [-0.3, -0.25) is 19.4 Å². The fourth-order valence-electron chi connectivity index (χ4n) is 5.69. The van der Waals surface area contributed by atoms with Crippen LogP contribution in [0.4, 0.5) is 11.6 Å². The van der Waals surface area contributed by atoms with Gasteiger partial charge in [0.2, 0.25) is 0 Å². The molecule has 12 nitrogen and oxygen atoms in total. The molecule has 2 fully saturated rings. The number of aliphatic hydroxyl groups excluding tert-OH is 2. The fraction of sp³-hybridized carbons (Fsp3) is 0.727. The average molecular weight is 668 g/mol. The van der Waals surface area contributed by atoms with Crippen LogP contribution >= 0.6 is 12.6 Å². The molecule has 264 valence electrons. The third-order valence-electron chi connectivity index (χ3n) is 7.92. The Morgan fingerprint density at radius 2 is 1.85 bits per heavy atom. The van der Waals surface area contributed by atoms with Crippen molar-refractivity contribution in [2.45, 2.75) is 92.7 Å². The third-order valence-corrected chi connectivity index (χ3v) is 8.10. The van der Waals surface area contributed by atoms with Crippen molar-refractivity contribution in [3.63, 3.8) is 0 Å². The molecule has 1 aromatic heterocycles. The number of aromatic amines is 1. The van der Waals surface area contributed by atoms with E-state index in [1.54, 1.807) is 0 Å². The Morgan fingerprint density at radius 1 is 1.17 bits per heavy atom. The second kappa shape index (κ2) is 22.7. The van der Waals surface area contributed by atoms with Crippen LogP contribution in [0.2, 0.25) is 0 Å². The number of allylic oxidation sites excluding steroid dienone is 2. The molecular weight excluding hydrogens is 606 g/mol. The van der Waals surface area contributed by atoms with Crippen molar-refractivity contribution in [1.82, 2.24) is 25.1 Å². The smallest absolute Gasteiger partial charge is 0.291 e. The molecule has 1 aromatic rings. The summed E-state index contributed by atoms with van der Waals surface area (Å²) in [5.74, 6) is 1.11. The molecule has 0 bridgehead atoms. The van der Waals surface area contributed by atoms with E-state index in [2.05, 4.69) is 51.6 Å². The van der Waals surface area contributed by atoms with Gasteiger partial charge >= 0.3 is 0 Å². The van der Waals surface area contributed by atoms with E-state index in [1.807, 2.05) is 45.6 Å². The molecule has 2 aliphatic rings. The molecule has 6 N–H and O–H groups in total. The summed E-state index contributed by atoms with van der Waals surface area (Å²) in [4.78, 5) is 39.2. The number of aliphatic hydroxyl groups is 2. The number of nitrogens with one attached hydrogen (secondary N) is 2. The summed E-state index contributed by atoms with van der Waals surface area (Å²) in [7, 11) is 0. The Morgan fingerprint density at radius 3 is 2.43 bits per heavy atom. The number of piperidine rings is 1. The first kappa shape index (κ1) is 41.3. The van der Waals surface area contributed by atoms with Crippen LogP contribution in [-0.2, 0) is 4.74 Å². The van der Waals surface area contributed by atoms with E-state index < -0.39 is 11.5 Å². The molecule has 1 atom stereocenters. The van der Waals surface area contributed by atoms with Gasteiger partial charge in [0.15, 0.2) is 17.4 Å². The second-order valence-electron chi connectivity index (χ2n) is 11.0. The molecule has 0 spiro atoms. The lowest BCUT2D eigenvalue weighted by atomic mass is 9.98. The summed E-state index contributed by atoms with van der Waals surface area (Å²) in [6, 6.07) is 0.742. The molecule has 0 aliphatic carbocycles. The van der Waals surface area contributed by atoms with E-state index in [0.717, 1.165) is 51.0 Å². The number of rotatable bonds is 14. The number of ether oxygens (including phenoxy) is 1. The van der Waals surface area contributed by atoms with Crippen LogP contribution in [0.15, 0.2) is 28.0 Å². The number of H-pyrrole nitrogens is 1. The van der Waals surface area contributed by atoms with E-state index in [9.17, 15) is 14.7 Å². The standard InChI is InChI=1S/C29H49N7O5S.2C2H6/c1-4-21-19-35(27-29(40)32-25(26(30)33-27)28(39)31-9-6-14-37)12-13-36(21)22-7-10-34(11-8-22)18-20(3)17-24(23(38)5-2)41-15-16-42;2*1-2/h17,21-22,37-38,42H,4-16,18-19H2,1-3H3,(H2,30,33)(H,31,39)(H,32,40);2*1-2H3/b20-17+,24-23-;;. The highest BCUT2D eigenvalue weighted by Crippen LogP contribution is 2.25. The number of amides is 1. The number of aromatic nitrogens is 2. The number of hydrogen-bond acceptors (Lipinski definition) is 11. The minimum atomic E-state index is -0.511. The molecule has 2 aliphatic heterocycles. The summed E-state index contributed by atoms with van der Waals surface area (Å²) >= 11 is 4.20. The lowest BCUT2D eigenvalue weighted by Gasteiger charge is -2.47. The molecule has 3 rings (SSSR count). The van der Waals surface area contributed by atoms with Crippen LogP contribution in [-0.4, -0.2) is 113 Å². The normalized spacial score (nSPS) is 18.5. The Bertz CT molecular complexity index is 1150. The summed E-state index contributed by atoms with van der Waals surface area (Å²) in [5, 5.41) is 21.8. The quantitative estimate of drug-likeness (QED) is 0.0742. The van der Waals surface area contributed by atoms with Crippen molar-refractivity contribution < 1.29 is 19.7 Å². The van der Waals surface area contributed by atoms with Gasteiger partial charge in [-0.05, 0) is 51.8 Å². The number of hydrogen-bond donors (Lipinski definition) is 6. The first-order chi connectivity index (χ1) is 22.2. The van der Waals surface area contributed by atoms with Crippen LogP contribution in [0.25, 0.3) is 0 Å². The van der Waals surface area contributed by atoms with E-state index in [4.69, 9.17) is 15.6 Å². The van der Waals surface area contributed by atoms with Gasteiger partial charge in [0.25, 0.3) is 11.5 Å². The van der Waals surface area contributed by atoms with Crippen LogP contribution < -0.4 is 21.5 Å². The van der Waals surface area contributed by atoms with Crippen LogP contribution in [0.5, 0.6) is 0 Å². The average Bonchev–Trinajstić information content (AvgIpc) is 3.09. The van der Waals surface area contributed by atoms with Crippen LogP contribution in [0.3, 0.4) is 0 Å². The van der Waals surface area contributed by atoms with Crippen LogP contribution in [0, 0.1) is 0 Å². The highest BCUT2D eigenvalue weighted by Gasteiger charge is 2.34. The van der Waals surface area contributed by atoms with Gasteiger partial charge in [0.05, 0.1) is 6.61 Å². The minimum absolute atomic E-state index is 0.0147.